The summed E-state index contributed by atoms with van der Waals surface area (Å²) in [5, 5.41) is 0. The highest BCUT2D eigenvalue weighted by atomic mass is 35.5. The molecule has 0 N–H and O–H groups in total. The Morgan fingerprint density at radius 3 is 2.79 bits per heavy atom. The molecule has 1 atom stereocenters. The molecule has 0 aromatic heterocycles. The van der Waals surface area contributed by atoms with Crippen LogP contribution in [0.5, 0.6) is 0 Å². The number of rotatable bonds is 3. The molecule has 1 saturated heterocycles. The van der Waals surface area contributed by atoms with Gasteiger partial charge in [-0.05, 0) is 18.8 Å². The third-order valence-corrected chi connectivity index (χ3v) is 3.24. The Labute approximate surface area is 91.6 Å². The Morgan fingerprint density at radius 2 is 2.07 bits per heavy atom. The second-order valence-corrected chi connectivity index (χ2v) is 4.57. The van der Waals surface area contributed by atoms with Crippen molar-refractivity contribution in [2.75, 3.05) is 19.0 Å². The summed E-state index contributed by atoms with van der Waals surface area (Å²) in [6.07, 6.45) is 5.42. The van der Waals surface area contributed by atoms with Crippen molar-refractivity contribution >= 4 is 17.5 Å². The maximum atomic E-state index is 11.7. The minimum Gasteiger partial charge on any atom is -0.342 e. The number of carbonyl (C=O) groups is 1. The molecule has 82 valence electrons. The van der Waals surface area contributed by atoms with Crippen LogP contribution in [0, 0.1) is 5.92 Å². The first kappa shape index (κ1) is 11.8. The van der Waals surface area contributed by atoms with Crippen LogP contribution in [0.15, 0.2) is 0 Å². The Hall–Kier alpha value is -0.240. The molecule has 1 rings (SSSR count). The number of hydrogen-bond acceptors (Lipinski definition) is 1. The van der Waals surface area contributed by atoms with Gasteiger partial charge in [0.1, 0.15) is 0 Å². The summed E-state index contributed by atoms with van der Waals surface area (Å²) in [5.74, 6) is 1.38. The van der Waals surface area contributed by atoms with Crippen LogP contribution in [0.3, 0.4) is 0 Å². The minimum atomic E-state index is 0.321. The lowest BCUT2D eigenvalue weighted by Gasteiger charge is -2.27. The average Bonchev–Trinajstić information content (AvgIpc) is 2.17. The Bertz CT molecular complexity index is 184. The number of halogens is 1. The van der Waals surface area contributed by atoms with Gasteiger partial charge in [0.2, 0.25) is 5.91 Å². The smallest absolute Gasteiger partial charge is 0.222 e. The molecule has 0 aromatic carbocycles. The van der Waals surface area contributed by atoms with E-state index in [1.54, 1.807) is 0 Å². The predicted octanol–water partition coefficient (Wildman–Crippen LogP) is 2.65. The molecule has 1 amide bonds. The monoisotopic (exact) mass is 217 g/mol. The van der Waals surface area contributed by atoms with E-state index in [1.807, 2.05) is 4.90 Å². The number of carbonyl (C=O) groups excluding carboxylic acids is 1. The van der Waals surface area contributed by atoms with Gasteiger partial charge < -0.3 is 4.90 Å². The van der Waals surface area contributed by atoms with Crippen molar-refractivity contribution in [2.24, 2.45) is 5.92 Å². The van der Waals surface area contributed by atoms with E-state index in [4.69, 9.17) is 11.6 Å². The van der Waals surface area contributed by atoms with Gasteiger partial charge in [-0.2, -0.15) is 0 Å². The fourth-order valence-electron chi connectivity index (χ4n) is 1.83. The largest absolute Gasteiger partial charge is 0.342 e. The van der Waals surface area contributed by atoms with E-state index in [1.165, 1.54) is 12.8 Å². The molecule has 1 aliphatic rings. The van der Waals surface area contributed by atoms with Crippen molar-refractivity contribution in [1.82, 2.24) is 4.90 Å². The quantitative estimate of drug-likeness (QED) is 0.666. The molecule has 0 saturated carbocycles. The first-order chi connectivity index (χ1) is 6.74. The molecule has 0 aromatic rings. The summed E-state index contributed by atoms with van der Waals surface area (Å²) in [5.41, 5.74) is 0. The van der Waals surface area contributed by atoms with Crippen LogP contribution < -0.4 is 0 Å². The average molecular weight is 218 g/mol. The SMILES string of the molecule is CC(CCl)CN1CCCCCCC1=O. The van der Waals surface area contributed by atoms with Crippen LogP contribution in [-0.2, 0) is 4.79 Å². The van der Waals surface area contributed by atoms with Gasteiger partial charge in [-0.1, -0.05) is 19.8 Å². The molecule has 0 radical (unpaired) electrons. The summed E-state index contributed by atoms with van der Waals surface area (Å²) in [4.78, 5) is 13.7. The topological polar surface area (TPSA) is 20.3 Å². The van der Waals surface area contributed by atoms with Crippen LogP contribution >= 0.6 is 11.6 Å². The number of hydrogen-bond donors (Lipinski definition) is 0. The van der Waals surface area contributed by atoms with E-state index >= 15 is 0 Å². The van der Waals surface area contributed by atoms with Gasteiger partial charge in [0.25, 0.3) is 0 Å². The van der Waals surface area contributed by atoms with E-state index in [9.17, 15) is 4.79 Å². The van der Waals surface area contributed by atoms with Crippen molar-refractivity contribution in [2.45, 2.75) is 39.0 Å². The maximum Gasteiger partial charge on any atom is 0.222 e. The van der Waals surface area contributed by atoms with E-state index < -0.39 is 0 Å². The zero-order chi connectivity index (χ0) is 10.4. The first-order valence-electron chi connectivity index (χ1n) is 5.57. The number of alkyl halides is 1. The highest BCUT2D eigenvalue weighted by Crippen LogP contribution is 2.13. The van der Waals surface area contributed by atoms with Gasteiger partial charge in [-0.3, -0.25) is 4.79 Å². The molecule has 0 bridgehead atoms. The summed E-state index contributed by atoms with van der Waals surface area (Å²) in [6.45, 7) is 3.86. The molecule has 14 heavy (non-hydrogen) atoms. The van der Waals surface area contributed by atoms with Gasteiger partial charge >= 0.3 is 0 Å². The van der Waals surface area contributed by atoms with Gasteiger partial charge in [0.15, 0.2) is 0 Å². The van der Waals surface area contributed by atoms with Crippen molar-refractivity contribution in [3.63, 3.8) is 0 Å². The summed E-state index contributed by atoms with van der Waals surface area (Å²) < 4.78 is 0. The maximum absolute atomic E-state index is 11.7. The van der Waals surface area contributed by atoms with Gasteiger partial charge in [0.05, 0.1) is 0 Å². The van der Waals surface area contributed by atoms with Crippen molar-refractivity contribution < 1.29 is 4.79 Å². The van der Waals surface area contributed by atoms with Gasteiger partial charge in [-0.25, -0.2) is 0 Å². The van der Waals surface area contributed by atoms with Gasteiger partial charge in [0, 0.05) is 25.4 Å². The zero-order valence-electron chi connectivity index (χ0n) is 8.97. The number of likely N-dealkylation sites (tertiary alicyclic amines) is 1. The van der Waals surface area contributed by atoms with Crippen molar-refractivity contribution in [3.8, 4) is 0 Å². The Kier molecular flexibility index (Phi) is 5.31. The first-order valence-corrected chi connectivity index (χ1v) is 6.11. The molecule has 3 heteroatoms. The number of nitrogens with zero attached hydrogens (tertiary/aromatic N) is 1. The van der Waals surface area contributed by atoms with Crippen LogP contribution in [0.1, 0.15) is 39.0 Å². The lowest BCUT2D eigenvalue weighted by molar-refractivity contribution is -0.132. The van der Waals surface area contributed by atoms with Gasteiger partial charge in [-0.15, -0.1) is 11.6 Å². The highest BCUT2D eigenvalue weighted by Gasteiger charge is 2.17. The Morgan fingerprint density at radius 1 is 1.36 bits per heavy atom. The molecule has 0 aliphatic carbocycles. The summed E-state index contributed by atoms with van der Waals surface area (Å²) in [7, 11) is 0. The second-order valence-electron chi connectivity index (χ2n) is 4.26. The lowest BCUT2D eigenvalue weighted by Crippen LogP contribution is -2.36. The van der Waals surface area contributed by atoms with Crippen molar-refractivity contribution in [3.05, 3.63) is 0 Å². The highest BCUT2D eigenvalue weighted by molar-refractivity contribution is 6.18. The Balaban J connectivity index is 2.41. The third kappa shape index (κ3) is 3.87. The predicted molar refractivity (Wildman–Crippen MR) is 59.5 cm³/mol. The van der Waals surface area contributed by atoms with Crippen LogP contribution in [-0.4, -0.2) is 29.8 Å². The van der Waals surface area contributed by atoms with E-state index in [0.29, 0.717) is 17.7 Å². The fourth-order valence-corrected chi connectivity index (χ4v) is 1.93. The summed E-state index contributed by atoms with van der Waals surface area (Å²) in [6, 6.07) is 0. The lowest BCUT2D eigenvalue weighted by atomic mass is 10.1. The minimum absolute atomic E-state index is 0.321. The molecule has 1 unspecified atom stereocenters. The summed E-state index contributed by atoms with van der Waals surface area (Å²) >= 11 is 5.75. The molecule has 1 aliphatic heterocycles. The molecular weight excluding hydrogens is 198 g/mol. The zero-order valence-corrected chi connectivity index (χ0v) is 9.72. The molecule has 1 fully saturated rings. The fraction of sp³-hybridized carbons (Fsp3) is 0.909. The number of amides is 1. The van der Waals surface area contributed by atoms with E-state index in [-0.39, 0.29) is 0 Å². The third-order valence-electron chi connectivity index (χ3n) is 2.72. The van der Waals surface area contributed by atoms with Crippen molar-refractivity contribution in [1.29, 1.82) is 0 Å². The molecular formula is C11H20ClNO. The second kappa shape index (κ2) is 6.28. The van der Waals surface area contributed by atoms with E-state index in [2.05, 4.69) is 6.92 Å². The van der Waals surface area contributed by atoms with Crippen LogP contribution in [0.2, 0.25) is 0 Å². The van der Waals surface area contributed by atoms with Crippen LogP contribution in [0.4, 0.5) is 0 Å². The molecule has 1 heterocycles. The molecule has 0 spiro atoms. The molecule has 2 nitrogen and oxygen atoms in total. The van der Waals surface area contributed by atoms with E-state index in [0.717, 1.165) is 32.4 Å². The normalized spacial score (nSPS) is 21.6. The standard InChI is InChI=1S/C11H20ClNO/c1-10(8-12)9-13-7-5-3-2-4-6-11(13)14/h10H,2-9H2,1H3. The van der Waals surface area contributed by atoms with Crippen LogP contribution in [0.25, 0.3) is 0 Å².